The molecule has 3 aromatic rings. The highest BCUT2D eigenvalue weighted by molar-refractivity contribution is 8.23. The number of carbonyl (C=O) groups excluding carboxylic acids is 4. The zero-order valence-electron chi connectivity index (χ0n) is 24.0. The number of piperazine rings is 1. The summed E-state index contributed by atoms with van der Waals surface area (Å²) in [5.74, 6) is -1.36. The van der Waals surface area contributed by atoms with Crippen molar-refractivity contribution in [3.63, 3.8) is 0 Å². The van der Waals surface area contributed by atoms with E-state index in [1.807, 2.05) is 4.90 Å². The van der Waals surface area contributed by atoms with Crippen LogP contribution in [0.3, 0.4) is 0 Å². The van der Waals surface area contributed by atoms with Crippen LogP contribution in [0.4, 0.5) is 23.1 Å². The number of aromatic nitrogens is 2. The zero-order chi connectivity index (χ0) is 31.6. The quantitative estimate of drug-likeness (QED) is 0.165. The van der Waals surface area contributed by atoms with Crippen LogP contribution in [0, 0.1) is 0 Å². The first-order valence-corrected chi connectivity index (χ1v) is 15.4. The van der Waals surface area contributed by atoms with Gasteiger partial charge in [0.05, 0.1) is 29.8 Å². The topological polar surface area (TPSA) is 146 Å². The first-order valence-electron chi connectivity index (χ1n) is 13.6. The van der Waals surface area contributed by atoms with Crippen molar-refractivity contribution in [1.82, 2.24) is 25.1 Å². The maximum Gasteiger partial charge on any atom is 0.375 e. The number of benzene rings is 2. The van der Waals surface area contributed by atoms with Gasteiger partial charge in [0.15, 0.2) is 5.82 Å². The molecule has 230 valence electrons. The summed E-state index contributed by atoms with van der Waals surface area (Å²) >= 11 is 12.9. The van der Waals surface area contributed by atoms with Crippen LogP contribution in [0.25, 0.3) is 0 Å². The summed E-state index contributed by atoms with van der Waals surface area (Å²) in [6.45, 7) is 3.73. The van der Waals surface area contributed by atoms with Crippen LogP contribution in [0.5, 0.6) is 0 Å². The lowest BCUT2D eigenvalue weighted by molar-refractivity contribution is -0.152. The number of halogens is 1. The van der Waals surface area contributed by atoms with Gasteiger partial charge in [0.25, 0.3) is 11.8 Å². The highest BCUT2D eigenvalue weighted by Crippen LogP contribution is 2.27. The Morgan fingerprint density at radius 2 is 1.68 bits per heavy atom. The second-order valence-electron chi connectivity index (χ2n) is 9.32. The number of hydrogen-bond donors (Lipinski definition) is 3. The van der Waals surface area contributed by atoms with Crippen LogP contribution in [-0.4, -0.2) is 93.2 Å². The van der Waals surface area contributed by atoms with E-state index in [4.69, 9.17) is 28.6 Å². The summed E-state index contributed by atoms with van der Waals surface area (Å²) in [5.41, 5.74) is 2.15. The van der Waals surface area contributed by atoms with Crippen molar-refractivity contribution in [2.75, 3.05) is 56.2 Å². The lowest BCUT2D eigenvalue weighted by Gasteiger charge is -2.35. The summed E-state index contributed by atoms with van der Waals surface area (Å²) < 4.78 is 5.21. The lowest BCUT2D eigenvalue weighted by atomic mass is 10.1. The number of carbonyl (C=O) groups is 4. The number of Topliss-reactive ketones (excluding diaryl/α,β-unsaturated/α-hetero) is 1. The third-order valence-electron chi connectivity index (χ3n) is 6.44. The van der Waals surface area contributed by atoms with Crippen LogP contribution < -0.4 is 16.0 Å². The molecule has 0 aliphatic carbocycles. The van der Waals surface area contributed by atoms with E-state index in [0.717, 1.165) is 11.8 Å². The monoisotopic (exact) mass is 655 g/mol. The van der Waals surface area contributed by atoms with Crippen molar-refractivity contribution in [2.45, 2.75) is 6.92 Å². The molecule has 1 saturated heterocycles. The third kappa shape index (κ3) is 8.42. The highest BCUT2D eigenvalue weighted by atomic mass is 35.5. The van der Waals surface area contributed by atoms with Gasteiger partial charge in [0.1, 0.15) is 9.34 Å². The van der Waals surface area contributed by atoms with Gasteiger partial charge in [-0.3, -0.25) is 14.4 Å². The smallest absolute Gasteiger partial charge is 0.375 e. The van der Waals surface area contributed by atoms with Crippen LogP contribution in [0.1, 0.15) is 27.6 Å². The predicted molar refractivity (Wildman–Crippen MR) is 174 cm³/mol. The van der Waals surface area contributed by atoms with Crippen LogP contribution in [-0.2, 0) is 14.3 Å². The molecule has 12 nitrogen and oxygen atoms in total. The fraction of sp³-hybridized carbons (Fsp3) is 0.276. The summed E-state index contributed by atoms with van der Waals surface area (Å²) in [6, 6.07) is 13.9. The lowest BCUT2D eigenvalue weighted by Crippen LogP contribution is -2.49. The summed E-state index contributed by atoms with van der Waals surface area (Å²) in [4.78, 5) is 61.0. The van der Waals surface area contributed by atoms with Crippen molar-refractivity contribution >= 4 is 86.6 Å². The molecule has 3 N–H and O–H groups in total. The number of amides is 2. The Bertz CT molecular complexity index is 1550. The standard InChI is InChI=1S/C29H30ClN7O5S2/c1-3-42-27(41)23(38)17-44-29(43)37-14-12-36(13-15-37)26(40)18-8-10-19(11-9-18)33-28-32-16-21(30)24(35-28)34-22-7-5-4-6-20(22)25(39)31-2/h4-11,16H,3,12-15,17H2,1-2H3,(H,31,39)(H2,32,33,34,35). The molecule has 2 aromatic carbocycles. The number of thioether (sulfide) groups is 1. The Hall–Kier alpha value is -4.27. The molecule has 44 heavy (non-hydrogen) atoms. The molecule has 0 unspecified atom stereocenters. The van der Waals surface area contributed by atoms with E-state index in [1.54, 1.807) is 67.4 Å². The van der Waals surface area contributed by atoms with E-state index < -0.39 is 11.8 Å². The minimum atomic E-state index is -0.859. The van der Waals surface area contributed by atoms with Gasteiger partial charge in [-0.15, -0.1) is 0 Å². The fourth-order valence-electron chi connectivity index (χ4n) is 4.16. The molecule has 2 heterocycles. The number of nitrogens with zero attached hydrogens (tertiary/aromatic N) is 4. The summed E-state index contributed by atoms with van der Waals surface area (Å²) in [5, 5.41) is 9.07. The predicted octanol–water partition coefficient (Wildman–Crippen LogP) is 3.88. The Balaban J connectivity index is 1.31. The van der Waals surface area contributed by atoms with E-state index in [9.17, 15) is 19.2 Å². The number of ether oxygens (including phenoxy) is 1. The van der Waals surface area contributed by atoms with E-state index in [-0.39, 0.29) is 35.1 Å². The van der Waals surface area contributed by atoms with Gasteiger partial charge in [-0.25, -0.2) is 9.78 Å². The summed E-state index contributed by atoms with van der Waals surface area (Å²) in [6.07, 6.45) is 1.45. The highest BCUT2D eigenvalue weighted by Gasteiger charge is 2.25. The SMILES string of the molecule is CCOC(=O)C(=O)CSC(=S)N1CCN(C(=O)c2ccc(Nc3ncc(Cl)c(Nc4ccccc4C(=O)NC)n3)cc2)CC1. The van der Waals surface area contributed by atoms with E-state index in [0.29, 0.717) is 58.8 Å². The molecule has 0 atom stereocenters. The number of anilines is 4. The van der Waals surface area contributed by atoms with Gasteiger partial charge < -0.3 is 30.5 Å². The second kappa shape index (κ2) is 15.5. The van der Waals surface area contributed by atoms with Gasteiger partial charge in [-0.05, 0) is 43.3 Å². The number of esters is 1. The van der Waals surface area contributed by atoms with E-state index >= 15 is 0 Å². The van der Waals surface area contributed by atoms with Crippen LogP contribution in [0.2, 0.25) is 5.02 Å². The average Bonchev–Trinajstić information content (AvgIpc) is 3.05. The molecular formula is C29H30ClN7O5S2. The van der Waals surface area contributed by atoms with Crippen molar-refractivity contribution in [2.24, 2.45) is 0 Å². The van der Waals surface area contributed by atoms with Crippen molar-refractivity contribution in [1.29, 1.82) is 0 Å². The van der Waals surface area contributed by atoms with Gasteiger partial charge >= 0.3 is 5.97 Å². The fourth-order valence-corrected chi connectivity index (χ4v) is 5.39. The first kappa shape index (κ1) is 32.6. The number of rotatable bonds is 10. The number of ketones is 1. The second-order valence-corrected chi connectivity index (χ2v) is 11.3. The molecule has 15 heteroatoms. The van der Waals surface area contributed by atoms with Crippen LogP contribution in [0.15, 0.2) is 54.7 Å². The molecule has 0 radical (unpaired) electrons. The van der Waals surface area contributed by atoms with Crippen molar-refractivity contribution < 1.29 is 23.9 Å². The molecule has 0 spiro atoms. The van der Waals surface area contributed by atoms with Gasteiger partial charge in [0, 0.05) is 44.5 Å². The molecular weight excluding hydrogens is 626 g/mol. The molecule has 0 bridgehead atoms. The number of para-hydroxylation sites is 1. The van der Waals surface area contributed by atoms with Crippen molar-refractivity contribution in [3.05, 3.63) is 70.9 Å². The average molecular weight is 656 g/mol. The molecule has 1 aromatic heterocycles. The van der Waals surface area contributed by atoms with Crippen LogP contribution >= 0.6 is 35.6 Å². The maximum absolute atomic E-state index is 13.1. The molecule has 0 saturated carbocycles. The van der Waals surface area contributed by atoms with Gasteiger partial charge in [-0.1, -0.05) is 47.7 Å². The third-order valence-corrected chi connectivity index (χ3v) is 8.24. The normalized spacial score (nSPS) is 12.7. The molecule has 4 rings (SSSR count). The first-order chi connectivity index (χ1) is 21.2. The summed E-state index contributed by atoms with van der Waals surface area (Å²) in [7, 11) is 1.55. The van der Waals surface area contributed by atoms with E-state index in [1.165, 1.54) is 6.20 Å². The Kier molecular flexibility index (Phi) is 11.5. The Morgan fingerprint density at radius 3 is 2.36 bits per heavy atom. The molecule has 1 aliphatic rings. The minimum Gasteiger partial charge on any atom is -0.460 e. The minimum absolute atomic E-state index is 0.0816. The Labute approximate surface area is 268 Å². The van der Waals surface area contributed by atoms with Crippen molar-refractivity contribution in [3.8, 4) is 0 Å². The maximum atomic E-state index is 13.1. The number of hydrogen-bond acceptors (Lipinski definition) is 11. The largest absolute Gasteiger partial charge is 0.460 e. The number of thiocarbonyl (C=S) groups is 1. The van der Waals surface area contributed by atoms with Gasteiger partial charge in [-0.2, -0.15) is 4.98 Å². The zero-order valence-corrected chi connectivity index (χ0v) is 26.4. The molecule has 1 aliphatic heterocycles. The van der Waals surface area contributed by atoms with E-state index in [2.05, 4.69) is 25.9 Å². The number of nitrogens with one attached hydrogen (secondary N) is 3. The van der Waals surface area contributed by atoms with Gasteiger partial charge in [0.2, 0.25) is 11.7 Å². The molecule has 2 amide bonds. The Morgan fingerprint density at radius 1 is 1.00 bits per heavy atom. The molecule has 1 fully saturated rings.